The molecule has 23 heavy (non-hydrogen) atoms. The molecule has 1 aromatic heterocycles. The standard InChI is InChI=1S/C18H21N3O2/c1-3-4-10-21(2)18(23)15-11-14(12-19-13-15)17(22)20-16-8-6-5-7-9-16/h5-9,11-13H,3-4,10H2,1-2H3,(H,20,22). The third kappa shape index (κ3) is 4.64. The molecular weight excluding hydrogens is 290 g/mol. The maximum atomic E-state index is 12.3. The van der Waals surface area contributed by atoms with Crippen LogP contribution in [0.3, 0.4) is 0 Å². The van der Waals surface area contributed by atoms with Gasteiger partial charge in [-0.25, -0.2) is 0 Å². The summed E-state index contributed by atoms with van der Waals surface area (Å²) in [7, 11) is 1.76. The van der Waals surface area contributed by atoms with Crippen LogP contribution in [0.15, 0.2) is 48.8 Å². The molecule has 5 heteroatoms. The van der Waals surface area contributed by atoms with E-state index in [0.29, 0.717) is 23.4 Å². The summed E-state index contributed by atoms with van der Waals surface area (Å²) in [6.45, 7) is 2.77. The van der Waals surface area contributed by atoms with Crippen molar-refractivity contribution in [3.8, 4) is 0 Å². The van der Waals surface area contributed by atoms with Gasteiger partial charge in [0.25, 0.3) is 11.8 Å². The molecular formula is C18H21N3O2. The number of benzene rings is 1. The molecule has 0 aliphatic carbocycles. The van der Waals surface area contributed by atoms with Crippen molar-refractivity contribution in [3.05, 3.63) is 59.9 Å². The predicted molar refractivity (Wildman–Crippen MR) is 90.5 cm³/mol. The van der Waals surface area contributed by atoms with E-state index in [1.54, 1.807) is 30.1 Å². The average Bonchev–Trinajstić information content (AvgIpc) is 2.60. The monoisotopic (exact) mass is 311 g/mol. The molecule has 0 aliphatic heterocycles. The highest BCUT2D eigenvalue weighted by Crippen LogP contribution is 2.11. The first-order chi connectivity index (χ1) is 11.1. The fourth-order valence-corrected chi connectivity index (χ4v) is 2.12. The van der Waals surface area contributed by atoms with Crippen LogP contribution in [0, 0.1) is 0 Å². The SMILES string of the molecule is CCCCN(C)C(=O)c1cncc(C(=O)Nc2ccccc2)c1. The predicted octanol–water partition coefficient (Wildman–Crippen LogP) is 3.21. The lowest BCUT2D eigenvalue weighted by Crippen LogP contribution is -2.28. The zero-order valence-corrected chi connectivity index (χ0v) is 13.5. The average molecular weight is 311 g/mol. The Morgan fingerprint density at radius 1 is 1.13 bits per heavy atom. The minimum absolute atomic E-state index is 0.125. The second kappa shape index (κ2) is 8.08. The van der Waals surface area contributed by atoms with Crippen molar-refractivity contribution in [3.63, 3.8) is 0 Å². The van der Waals surface area contributed by atoms with Crippen LogP contribution >= 0.6 is 0 Å². The number of rotatable bonds is 6. The number of hydrogen-bond donors (Lipinski definition) is 1. The number of nitrogens with zero attached hydrogens (tertiary/aromatic N) is 2. The van der Waals surface area contributed by atoms with Crippen molar-refractivity contribution >= 4 is 17.5 Å². The molecule has 0 radical (unpaired) electrons. The molecule has 1 N–H and O–H groups in total. The Labute approximate surface area is 136 Å². The zero-order chi connectivity index (χ0) is 16.7. The normalized spacial score (nSPS) is 10.2. The minimum Gasteiger partial charge on any atom is -0.342 e. The van der Waals surface area contributed by atoms with Crippen LogP contribution in [0.4, 0.5) is 5.69 Å². The van der Waals surface area contributed by atoms with Crippen LogP contribution in [0.1, 0.15) is 40.5 Å². The van der Waals surface area contributed by atoms with E-state index in [0.717, 1.165) is 12.8 Å². The summed E-state index contributed by atoms with van der Waals surface area (Å²) in [5.74, 6) is -0.408. The summed E-state index contributed by atoms with van der Waals surface area (Å²) < 4.78 is 0. The maximum absolute atomic E-state index is 12.3. The van der Waals surface area contributed by atoms with Gasteiger partial charge in [-0.2, -0.15) is 0 Å². The van der Waals surface area contributed by atoms with Crippen LogP contribution < -0.4 is 5.32 Å². The van der Waals surface area contributed by atoms with Crippen LogP contribution in [0.2, 0.25) is 0 Å². The van der Waals surface area contributed by atoms with Gasteiger partial charge >= 0.3 is 0 Å². The van der Waals surface area contributed by atoms with Gasteiger partial charge in [0, 0.05) is 31.7 Å². The second-order valence-electron chi connectivity index (χ2n) is 5.36. The number of unbranched alkanes of at least 4 members (excludes halogenated alkanes) is 1. The van der Waals surface area contributed by atoms with E-state index in [2.05, 4.69) is 17.2 Å². The molecule has 2 rings (SSSR count). The first kappa shape index (κ1) is 16.7. The summed E-state index contributed by atoms with van der Waals surface area (Å²) in [4.78, 5) is 30.3. The summed E-state index contributed by atoms with van der Waals surface area (Å²) >= 11 is 0. The number of carbonyl (C=O) groups excluding carboxylic acids is 2. The molecule has 0 saturated carbocycles. The van der Waals surface area contributed by atoms with Gasteiger partial charge in [-0.05, 0) is 24.6 Å². The smallest absolute Gasteiger partial charge is 0.257 e. The topological polar surface area (TPSA) is 62.3 Å². The van der Waals surface area contributed by atoms with Crippen molar-refractivity contribution in [2.75, 3.05) is 18.9 Å². The van der Waals surface area contributed by atoms with E-state index >= 15 is 0 Å². The third-order valence-corrected chi connectivity index (χ3v) is 3.47. The zero-order valence-electron chi connectivity index (χ0n) is 13.5. The number of aromatic nitrogens is 1. The van der Waals surface area contributed by atoms with Gasteiger partial charge in [0.05, 0.1) is 11.1 Å². The van der Waals surface area contributed by atoms with Gasteiger partial charge in [0.1, 0.15) is 0 Å². The van der Waals surface area contributed by atoms with Crippen LogP contribution in [0.5, 0.6) is 0 Å². The Hall–Kier alpha value is -2.69. The number of para-hydroxylation sites is 1. The largest absolute Gasteiger partial charge is 0.342 e. The summed E-state index contributed by atoms with van der Waals surface area (Å²) in [5, 5.41) is 2.78. The van der Waals surface area contributed by atoms with Gasteiger partial charge in [-0.15, -0.1) is 0 Å². The van der Waals surface area contributed by atoms with Gasteiger partial charge in [-0.3, -0.25) is 14.6 Å². The number of hydrogen-bond acceptors (Lipinski definition) is 3. The van der Waals surface area contributed by atoms with Crippen molar-refractivity contribution in [1.29, 1.82) is 0 Å². The van der Waals surface area contributed by atoms with Crippen molar-refractivity contribution in [2.45, 2.75) is 19.8 Å². The fourth-order valence-electron chi connectivity index (χ4n) is 2.12. The molecule has 0 atom stereocenters. The number of anilines is 1. The van der Waals surface area contributed by atoms with Gasteiger partial charge < -0.3 is 10.2 Å². The summed E-state index contributed by atoms with van der Waals surface area (Å²) in [6.07, 6.45) is 4.92. The maximum Gasteiger partial charge on any atom is 0.257 e. The van der Waals surface area contributed by atoms with E-state index in [1.807, 2.05) is 18.2 Å². The van der Waals surface area contributed by atoms with E-state index in [4.69, 9.17) is 0 Å². The van der Waals surface area contributed by atoms with Crippen LogP contribution in [-0.2, 0) is 0 Å². The Morgan fingerprint density at radius 3 is 2.52 bits per heavy atom. The number of carbonyl (C=O) groups is 2. The highest BCUT2D eigenvalue weighted by Gasteiger charge is 2.14. The first-order valence-electron chi connectivity index (χ1n) is 7.68. The molecule has 1 aromatic carbocycles. The molecule has 2 amide bonds. The van der Waals surface area contributed by atoms with Gasteiger partial charge in [-0.1, -0.05) is 31.5 Å². The summed E-state index contributed by atoms with van der Waals surface area (Å²) in [5.41, 5.74) is 1.49. The van der Waals surface area contributed by atoms with Crippen LogP contribution in [-0.4, -0.2) is 35.3 Å². The lowest BCUT2D eigenvalue weighted by atomic mass is 10.1. The van der Waals surface area contributed by atoms with E-state index in [9.17, 15) is 9.59 Å². The highest BCUT2D eigenvalue weighted by atomic mass is 16.2. The molecule has 0 aliphatic rings. The number of amides is 2. The Kier molecular flexibility index (Phi) is 5.86. The van der Waals surface area contributed by atoms with Gasteiger partial charge in [0.2, 0.25) is 0 Å². The molecule has 0 bridgehead atoms. The minimum atomic E-state index is -0.283. The first-order valence-corrected chi connectivity index (χ1v) is 7.68. The van der Waals surface area contributed by atoms with Crippen molar-refractivity contribution in [2.24, 2.45) is 0 Å². The molecule has 0 spiro atoms. The Balaban J connectivity index is 2.10. The lowest BCUT2D eigenvalue weighted by molar-refractivity contribution is 0.0793. The van der Waals surface area contributed by atoms with E-state index < -0.39 is 0 Å². The quantitative estimate of drug-likeness (QED) is 0.891. The summed E-state index contributed by atoms with van der Waals surface area (Å²) in [6, 6.07) is 10.8. The fraction of sp³-hybridized carbons (Fsp3) is 0.278. The van der Waals surface area contributed by atoms with Crippen LogP contribution in [0.25, 0.3) is 0 Å². The number of nitrogens with one attached hydrogen (secondary N) is 1. The lowest BCUT2D eigenvalue weighted by Gasteiger charge is -2.16. The molecule has 120 valence electrons. The Morgan fingerprint density at radius 2 is 1.83 bits per heavy atom. The van der Waals surface area contributed by atoms with E-state index in [1.165, 1.54) is 12.4 Å². The molecule has 0 saturated heterocycles. The number of pyridine rings is 1. The second-order valence-corrected chi connectivity index (χ2v) is 5.36. The molecule has 0 unspecified atom stereocenters. The molecule has 2 aromatic rings. The van der Waals surface area contributed by atoms with Crippen molar-refractivity contribution in [1.82, 2.24) is 9.88 Å². The van der Waals surface area contributed by atoms with E-state index in [-0.39, 0.29) is 11.8 Å². The Bertz CT molecular complexity index is 671. The third-order valence-electron chi connectivity index (χ3n) is 3.47. The van der Waals surface area contributed by atoms with Crippen molar-refractivity contribution < 1.29 is 9.59 Å². The molecule has 1 heterocycles. The molecule has 5 nitrogen and oxygen atoms in total. The molecule has 0 fully saturated rings. The van der Waals surface area contributed by atoms with Gasteiger partial charge in [0.15, 0.2) is 0 Å². The highest BCUT2D eigenvalue weighted by molar-refractivity contribution is 6.05.